The molecule has 0 N–H and O–H groups in total. The van der Waals surface area contributed by atoms with Gasteiger partial charge in [-0.25, -0.2) is 0 Å². The molecule has 1 heterocycles. The van der Waals surface area contributed by atoms with Crippen LogP contribution in [-0.4, -0.2) is 39.7 Å². The van der Waals surface area contributed by atoms with Crippen molar-refractivity contribution in [1.82, 2.24) is 4.98 Å². The average Bonchev–Trinajstić information content (AvgIpc) is 2.61. The Morgan fingerprint density at radius 2 is 1.61 bits per heavy atom. The summed E-state index contributed by atoms with van der Waals surface area (Å²) in [6, 6.07) is 7.00. The van der Waals surface area contributed by atoms with E-state index in [4.69, 9.17) is 18.9 Å². The third kappa shape index (κ3) is 3.36. The van der Waals surface area contributed by atoms with Gasteiger partial charge in [0.25, 0.3) is 0 Å². The second-order valence-corrected chi connectivity index (χ2v) is 4.70. The van der Waals surface area contributed by atoms with Gasteiger partial charge in [-0.2, -0.15) is 0 Å². The number of rotatable bonds is 7. The molecule has 2 rings (SSSR count). The highest BCUT2D eigenvalue weighted by atomic mass is 16.5. The molecule has 1 unspecified atom stereocenters. The molecule has 6 heteroatoms. The van der Waals surface area contributed by atoms with E-state index >= 15 is 0 Å². The molecule has 0 radical (unpaired) electrons. The van der Waals surface area contributed by atoms with Crippen molar-refractivity contribution in [3.8, 4) is 23.0 Å². The quantitative estimate of drug-likeness (QED) is 0.731. The van der Waals surface area contributed by atoms with Crippen LogP contribution in [0, 0.1) is 0 Å². The van der Waals surface area contributed by atoms with Gasteiger partial charge in [-0.05, 0) is 29.8 Å². The van der Waals surface area contributed by atoms with Crippen LogP contribution in [0.15, 0.2) is 30.5 Å². The molecule has 0 fully saturated rings. The summed E-state index contributed by atoms with van der Waals surface area (Å²) in [6.45, 7) is 0. The number of benzene rings is 1. The molecule has 1 atom stereocenters. The van der Waals surface area contributed by atoms with Crippen molar-refractivity contribution in [2.75, 3.05) is 28.4 Å². The normalized spacial score (nSPS) is 11.5. The van der Waals surface area contributed by atoms with Crippen LogP contribution < -0.4 is 18.9 Å². The van der Waals surface area contributed by atoms with Crippen LogP contribution >= 0.6 is 0 Å². The number of ether oxygens (including phenoxy) is 4. The van der Waals surface area contributed by atoms with Gasteiger partial charge < -0.3 is 23.7 Å². The Morgan fingerprint density at radius 3 is 2.00 bits per heavy atom. The minimum Gasteiger partial charge on any atom is -0.495 e. The van der Waals surface area contributed by atoms with E-state index in [1.807, 2.05) is 0 Å². The van der Waals surface area contributed by atoms with Crippen molar-refractivity contribution in [2.45, 2.75) is 5.92 Å². The summed E-state index contributed by atoms with van der Waals surface area (Å²) in [6.07, 6.45) is 2.40. The highest BCUT2D eigenvalue weighted by Crippen LogP contribution is 2.40. The molecule has 122 valence electrons. The fourth-order valence-corrected chi connectivity index (χ4v) is 2.30. The molecule has 2 aromatic rings. The Hall–Kier alpha value is -2.76. The Bertz CT molecular complexity index is 644. The zero-order valence-corrected chi connectivity index (χ0v) is 13.5. The molecular weight excluding hydrogens is 298 g/mol. The lowest BCUT2D eigenvalue weighted by Crippen LogP contribution is -2.06. The zero-order chi connectivity index (χ0) is 16.8. The largest absolute Gasteiger partial charge is 0.495 e. The first kappa shape index (κ1) is 16.6. The highest BCUT2D eigenvalue weighted by Gasteiger charge is 2.20. The summed E-state index contributed by atoms with van der Waals surface area (Å²) in [7, 11) is 6.15. The number of aldehydes is 1. The van der Waals surface area contributed by atoms with Crippen molar-refractivity contribution >= 4 is 6.29 Å². The third-order valence-corrected chi connectivity index (χ3v) is 3.50. The van der Waals surface area contributed by atoms with Gasteiger partial charge in [-0.15, -0.1) is 0 Å². The van der Waals surface area contributed by atoms with Crippen molar-refractivity contribution < 1.29 is 23.7 Å². The molecule has 0 bridgehead atoms. The fraction of sp³-hybridized carbons (Fsp3) is 0.294. The predicted molar refractivity (Wildman–Crippen MR) is 84.8 cm³/mol. The van der Waals surface area contributed by atoms with E-state index in [1.165, 1.54) is 21.3 Å². The minimum absolute atomic E-state index is 0.478. The Kier molecular flexibility index (Phi) is 5.41. The standard InChI is InChI=1S/C17H19NO5/c1-20-12-5-6-14(18-9-12)13(10-19)11-7-15(21-2)17(23-4)16(8-11)22-3/h5-10,13H,1-4H3. The lowest BCUT2D eigenvalue weighted by atomic mass is 9.95. The molecule has 0 aliphatic rings. The monoisotopic (exact) mass is 317 g/mol. The van der Waals surface area contributed by atoms with Gasteiger partial charge >= 0.3 is 0 Å². The van der Waals surface area contributed by atoms with Crippen LogP contribution in [0.3, 0.4) is 0 Å². The van der Waals surface area contributed by atoms with Crippen molar-refractivity contribution in [2.24, 2.45) is 0 Å². The van der Waals surface area contributed by atoms with Gasteiger partial charge in [0, 0.05) is 0 Å². The number of nitrogens with zero attached hydrogens (tertiary/aromatic N) is 1. The van der Waals surface area contributed by atoms with E-state index in [0.29, 0.717) is 34.3 Å². The minimum atomic E-state index is -0.547. The number of carbonyl (C=O) groups excluding carboxylic acids is 1. The van der Waals surface area contributed by atoms with E-state index < -0.39 is 5.92 Å². The van der Waals surface area contributed by atoms with Gasteiger partial charge in [-0.3, -0.25) is 4.98 Å². The lowest BCUT2D eigenvalue weighted by Gasteiger charge is -2.17. The smallest absolute Gasteiger partial charge is 0.203 e. The predicted octanol–water partition coefficient (Wildman–Crippen LogP) is 2.45. The van der Waals surface area contributed by atoms with Crippen LogP contribution in [0.4, 0.5) is 0 Å². The molecule has 0 spiro atoms. The van der Waals surface area contributed by atoms with E-state index in [-0.39, 0.29) is 0 Å². The van der Waals surface area contributed by atoms with Gasteiger partial charge in [0.05, 0.1) is 46.2 Å². The topological polar surface area (TPSA) is 66.9 Å². The molecule has 0 aliphatic carbocycles. The molecule has 0 saturated carbocycles. The average molecular weight is 317 g/mol. The van der Waals surface area contributed by atoms with Crippen molar-refractivity contribution in [3.05, 3.63) is 41.7 Å². The summed E-state index contributed by atoms with van der Waals surface area (Å²) in [4.78, 5) is 15.9. The molecular formula is C17H19NO5. The lowest BCUT2D eigenvalue weighted by molar-refractivity contribution is -0.108. The van der Waals surface area contributed by atoms with Gasteiger partial charge in [-0.1, -0.05) is 0 Å². The van der Waals surface area contributed by atoms with Gasteiger partial charge in [0.1, 0.15) is 12.0 Å². The molecule has 1 aromatic carbocycles. The summed E-state index contributed by atoms with van der Waals surface area (Å²) in [5, 5.41) is 0. The Balaban J connectivity index is 2.50. The second kappa shape index (κ2) is 7.49. The fourth-order valence-electron chi connectivity index (χ4n) is 2.30. The summed E-state index contributed by atoms with van der Waals surface area (Å²) in [5.74, 6) is 1.54. The van der Waals surface area contributed by atoms with Gasteiger partial charge in [0.15, 0.2) is 11.5 Å². The van der Waals surface area contributed by atoms with Gasteiger partial charge in [0.2, 0.25) is 5.75 Å². The highest BCUT2D eigenvalue weighted by molar-refractivity contribution is 5.69. The van der Waals surface area contributed by atoms with E-state index in [9.17, 15) is 4.79 Å². The first-order valence-electron chi connectivity index (χ1n) is 6.93. The Morgan fingerprint density at radius 1 is 0.957 bits per heavy atom. The maximum absolute atomic E-state index is 11.6. The first-order valence-corrected chi connectivity index (χ1v) is 6.93. The molecule has 0 saturated heterocycles. The SMILES string of the molecule is COc1ccc(C(C=O)c2cc(OC)c(OC)c(OC)c2)nc1. The second-order valence-electron chi connectivity index (χ2n) is 4.70. The van der Waals surface area contributed by atoms with Crippen molar-refractivity contribution in [3.63, 3.8) is 0 Å². The molecule has 0 aliphatic heterocycles. The molecule has 23 heavy (non-hydrogen) atoms. The number of hydrogen-bond acceptors (Lipinski definition) is 6. The maximum atomic E-state index is 11.6. The Labute approximate surface area is 135 Å². The number of aromatic nitrogens is 1. The van der Waals surface area contributed by atoms with Crippen LogP contribution in [0.5, 0.6) is 23.0 Å². The van der Waals surface area contributed by atoms with E-state index in [1.54, 1.807) is 37.6 Å². The van der Waals surface area contributed by atoms with Crippen LogP contribution in [0.25, 0.3) is 0 Å². The third-order valence-electron chi connectivity index (χ3n) is 3.50. The van der Waals surface area contributed by atoms with Crippen LogP contribution in [-0.2, 0) is 4.79 Å². The molecule has 0 amide bonds. The molecule has 6 nitrogen and oxygen atoms in total. The molecule has 1 aromatic heterocycles. The van der Waals surface area contributed by atoms with E-state index in [0.717, 1.165) is 6.29 Å². The number of methoxy groups -OCH3 is 4. The van der Waals surface area contributed by atoms with Crippen LogP contribution in [0.2, 0.25) is 0 Å². The van der Waals surface area contributed by atoms with E-state index in [2.05, 4.69) is 4.98 Å². The maximum Gasteiger partial charge on any atom is 0.203 e. The summed E-state index contributed by atoms with van der Waals surface area (Å²) >= 11 is 0. The number of hydrogen-bond donors (Lipinski definition) is 0. The summed E-state index contributed by atoms with van der Waals surface area (Å²) < 4.78 is 21.0. The zero-order valence-electron chi connectivity index (χ0n) is 13.5. The number of pyridine rings is 1. The van der Waals surface area contributed by atoms with Crippen molar-refractivity contribution in [1.29, 1.82) is 0 Å². The summed E-state index contributed by atoms with van der Waals surface area (Å²) in [5.41, 5.74) is 1.31. The number of carbonyl (C=O) groups is 1. The van der Waals surface area contributed by atoms with Crippen LogP contribution in [0.1, 0.15) is 17.2 Å². The first-order chi connectivity index (χ1) is 11.2.